The van der Waals surface area contributed by atoms with Crippen LogP contribution in [0.5, 0.6) is 0 Å². The molecule has 1 aliphatic heterocycles. The molecule has 0 radical (unpaired) electrons. The molecule has 0 spiro atoms. The monoisotopic (exact) mass is 378 g/mol. The number of carbonyl (C=O) groups is 1. The first kappa shape index (κ1) is 18.9. The average Bonchev–Trinajstić information content (AvgIpc) is 3.14. The van der Waals surface area contributed by atoms with E-state index in [1.807, 2.05) is 0 Å². The zero-order valence-corrected chi connectivity index (χ0v) is 15.6. The Labute approximate surface area is 155 Å². The largest absolute Gasteiger partial charge is 0.465 e. The number of methoxy groups -OCH3 is 1. The van der Waals surface area contributed by atoms with Crippen molar-refractivity contribution < 1.29 is 19.4 Å². The SMILES string of the molecule is COC(=O)c1ccc2c(=O)n(C[C@H](C)O)c(SC[C@@H]3CCCO3)nc2c1. The number of fused-ring (bicyclic) bond motifs is 1. The van der Waals surface area contributed by atoms with Gasteiger partial charge in [0.25, 0.3) is 5.56 Å². The van der Waals surface area contributed by atoms with Gasteiger partial charge in [-0.2, -0.15) is 0 Å². The summed E-state index contributed by atoms with van der Waals surface area (Å²) in [6.07, 6.45) is 1.50. The summed E-state index contributed by atoms with van der Waals surface area (Å²) in [7, 11) is 1.31. The molecule has 1 aromatic heterocycles. The molecule has 0 unspecified atom stereocenters. The Bertz CT molecular complexity index is 859. The number of benzene rings is 1. The molecular weight excluding hydrogens is 356 g/mol. The van der Waals surface area contributed by atoms with Crippen molar-refractivity contribution in [1.29, 1.82) is 0 Å². The number of aliphatic hydroxyl groups is 1. The molecule has 0 aliphatic carbocycles. The van der Waals surface area contributed by atoms with E-state index in [2.05, 4.69) is 4.98 Å². The third-order valence-corrected chi connectivity index (χ3v) is 5.32. The Balaban J connectivity index is 2.02. The molecule has 1 fully saturated rings. The minimum Gasteiger partial charge on any atom is -0.465 e. The molecule has 2 aromatic rings. The first-order valence-electron chi connectivity index (χ1n) is 8.55. The number of hydrogen-bond donors (Lipinski definition) is 1. The summed E-state index contributed by atoms with van der Waals surface area (Å²) < 4.78 is 11.9. The minimum absolute atomic E-state index is 0.147. The van der Waals surface area contributed by atoms with Crippen LogP contribution in [-0.2, 0) is 16.0 Å². The average molecular weight is 378 g/mol. The van der Waals surface area contributed by atoms with Crippen molar-refractivity contribution in [2.24, 2.45) is 0 Å². The maximum absolute atomic E-state index is 12.9. The lowest BCUT2D eigenvalue weighted by atomic mass is 10.1. The maximum Gasteiger partial charge on any atom is 0.337 e. The number of nitrogens with zero attached hydrogens (tertiary/aromatic N) is 2. The number of thioether (sulfide) groups is 1. The number of hydrogen-bond acceptors (Lipinski definition) is 7. The van der Waals surface area contributed by atoms with E-state index in [1.165, 1.54) is 23.4 Å². The number of carbonyl (C=O) groups excluding carboxylic acids is 1. The lowest BCUT2D eigenvalue weighted by molar-refractivity contribution is 0.0601. The number of rotatable bonds is 6. The normalized spacial score (nSPS) is 18.2. The van der Waals surface area contributed by atoms with Gasteiger partial charge in [-0.1, -0.05) is 11.8 Å². The first-order chi connectivity index (χ1) is 12.5. The van der Waals surface area contributed by atoms with E-state index >= 15 is 0 Å². The van der Waals surface area contributed by atoms with E-state index in [4.69, 9.17) is 9.47 Å². The van der Waals surface area contributed by atoms with Crippen LogP contribution in [0.1, 0.15) is 30.1 Å². The lowest BCUT2D eigenvalue weighted by Crippen LogP contribution is -2.28. The van der Waals surface area contributed by atoms with Gasteiger partial charge < -0.3 is 14.6 Å². The minimum atomic E-state index is -0.677. The van der Waals surface area contributed by atoms with E-state index in [-0.39, 0.29) is 18.2 Å². The molecular formula is C18H22N2O5S. The molecule has 1 saturated heterocycles. The van der Waals surface area contributed by atoms with E-state index < -0.39 is 12.1 Å². The molecule has 26 heavy (non-hydrogen) atoms. The van der Waals surface area contributed by atoms with Crippen LogP contribution in [0.25, 0.3) is 10.9 Å². The second-order valence-electron chi connectivity index (χ2n) is 6.33. The Hall–Kier alpha value is -1.90. The maximum atomic E-state index is 12.9. The molecule has 140 valence electrons. The predicted octanol–water partition coefficient (Wildman–Crippen LogP) is 1.83. The molecule has 0 saturated carbocycles. The summed E-state index contributed by atoms with van der Waals surface area (Å²) in [5.74, 6) is 0.212. The molecule has 0 bridgehead atoms. The lowest BCUT2D eigenvalue weighted by Gasteiger charge is -2.16. The highest BCUT2D eigenvalue weighted by Crippen LogP contribution is 2.24. The van der Waals surface area contributed by atoms with Crippen LogP contribution in [0, 0.1) is 0 Å². The predicted molar refractivity (Wildman–Crippen MR) is 98.7 cm³/mol. The van der Waals surface area contributed by atoms with Crippen LogP contribution >= 0.6 is 11.8 Å². The van der Waals surface area contributed by atoms with E-state index in [1.54, 1.807) is 25.1 Å². The van der Waals surface area contributed by atoms with Crippen molar-refractivity contribution in [3.05, 3.63) is 34.1 Å². The highest BCUT2D eigenvalue weighted by molar-refractivity contribution is 7.99. The first-order valence-corrected chi connectivity index (χ1v) is 9.53. The van der Waals surface area contributed by atoms with Gasteiger partial charge in [0, 0.05) is 12.4 Å². The van der Waals surface area contributed by atoms with Gasteiger partial charge in [0.1, 0.15) is 0 Å². The Kier molecular flexibility index (Phi) is 5.95. The Morgan fingerprint density at radius 1 is 1.54 bits per heavy atom. The van der Waals surface area contributed by atoms with Crippen LogP contribution in [0.15, 0.2) is 28.2 Å². The third-order valence-electron chi connectivity index (χ3n) is 4.21. The zero-order valence-electron chi connectivity index (χ0n) is 14.8. The van der Waals surface area contributed by atoms with Gasteiger partial charge in [-0.25, -0.2) is 9.78 Å². The van der Waals surface area contributed by atoms with Crippen molar-refractivity contribution in [3.8, 4) is 0 Å². The second kappa shape index (κ2) is 8.20. The summed E-state index contributed by atoms with van der Waals surface area (Å²) in [5.41, 5.74) is 0.548. The van der Waals surface area contributed by atoms with Gasteiger partial charge in [0.05, 0.1) is 42.3 Å². The molecule has 1 aromatic carbocycles. The summed E-state index contributed by atoms with van der Waals surface area (Å²) >= 11 is 1.43. The molecule has 2 atom stereocenters. The summed E-state index contributed by atoms with van der Waals surface area (Å²) in [4.78, 5) is 29.2. The van der Waals surface area contributed by atoms with Crippen LogP contribution in [0.3, 0.4) is 0 Å². The number of aliphatic hydroxyl groups excluding tert-OH is 1. The summed E-state index contributed by atoms with van der Waals surface area (Å²) in [6.45, 7) is 2.55. The molecule has 2 heterocycles. The highest BCUT2D eigenvalue weighted by Gasteiger charge is 2.19. The fourth-order valence-corrected chi connectivity index (χ4v) is 4.00. The zero-order chi connectivity index (χ0) is 18.7. The highest BCUT2D eigenvalue weighted by atomic mass is 32.2. The van der Waals surface area contributed by atoms with E-state index in [0.29, 0.717) is 27.4 Å². The Morgan fingerprint density at radius 3 is 3.00 bits per heavy atom. The molecule has 7 nitrogen and oxygen atoms in total. The summed E-state index contributed by atoms with van der Waals surface area (Å²) in [5, 5.41) is 10.7. The number of ether oxygens (including phenoxy) is 2. The van der Waals surface area contributed by atoms with Crippen molar-refractivity contribution in [2.45, 2.75) is 43.7 Å². The fourth-order valence-electron chi connectivity index (χ4n) is 2.92. The smallest absolute Gasteiger partial charge is 0.337 e. The standard InChI is InChI=1S/C18H22N2O5S/c1-11(21)9-20-16(22)14-6-5-12(17(23)24-2)8-15(14)19-18(20)26-10-13-4-3-7-25-13/h5-6,8,11,13,21H,3-4,7,9-10H2,1-2H3/t11-,13-/m0/s1. The van der Waals surface area contributed by atoms with Crippen LogP contribution < -0.4 is 5.56 Å². The van der Waals surface area contributed by atoms with Gasteiger partial charge in [-0.05, 0) is 38.0 Å². The van der Waals surface area contributed by atoms with E-state index in [9.17, 15) is 14.7 Å². The van der Waals surface area contributed by atoms with Gasteiger partial charge in [-0.3, -0.25) is 9.36 Å². The second-order valence-corrected chi connectivity index (χ2v) is 7.32. The topological polar surface area (TPSA) is 90.7 Å². The van der Waals surface area contributed by atoms with Gasteiger partial charge in [0.15, 0.2) is 5.16 Å². The third kappa shape index (κ3) is 4.08. The van der Waals surface area contributed by atoms with Gasteiger partial charge >= 0.3 is 5.97 Å². The molecule has 3 rings (SSSR count). The van der Waals surface area contributed by atoms with Crippen LogP contribution in [-0.4, -0.2) is 52.3 Å². The van der Waals surface area contributed by atoms with Crippen molar-refractivity contribution >= 4 is 28.6 Å². The molecule has 1 aliphatic rings. The summed E-state index contributed by atoms with van der Waals surface area (Å²) in [6, 6.07) is 4.68. The number of esters is 1. The van der Waals surface area contributed by atoms with Crippen LogP contribution in [0.4, 0.5) is 0 Å². The Morgan fingerprint density at radius 2 is 2.35 bits per heavy atom. The van der Waals surface area contributed by atoms with Crippen molar-refractivity contribution in [2.75, 3.05) is 19.5 Å². The van der Waals surface area contributed by atoms with Crippen molar-refractivity contribution in [1.82, 2.24) is 9.55 Å². The molecule has 1 N–H and O–H groups in total. The van der Waals surface area contributed by atoms with Crippen molar-refractivity contribution in [3.63, 3.8) is 0 Å². The van der Waals surface area contributed by atoms with Gasteiger partial charge in [0.2, 0.25) is 0 Å². The number of aromatic nitrogens is 2. The molecule has 0 amide bonds. The van der Waals surface area contributed by atoms with E-state index in [0.717, 1.165) is 19.4 Å². The molecule has 8 heteroatoms. The quantitative estimate of drug-likeness (QED) is 0.466. The van der Waals surface area contributed by atoms with Gasteiger partial charge in [-0.15, -0.1) is 0 Å². The fraction of sp³-hybridized carbons (Fsp3) is 0.500. The van der Waals surface area contributed by atoms with Crippen LogP contribution in [0.2, 0.25) is 0 Å².